The first kappa shape index (κ1) is 34.3. The minimum absolute atomic E-state index is 0.0170. The Morgan fingerprint density at radius 2 is 1.70 bits per heavy atom. The first-order valence-corrected chi connectivity index (χ1v) is 14.7. The molecule has 0 N–H and O–H groups in total. The number of hydrogen-bond donors (Lipinski definition) is 0. The van der Waals surface area contributed by atoms with Crippen LogP contribution in [0.1, 0.15) is 81.9 Å². The second kappa shape index (κ2) is 15.5. The van der Waals surface area contributed by atoms with Crippen molar-refractivity contribution in [2.24, 2.45) is 11.8 Å². The van der Waals surface area contributed by atoms with Gasteiger partial charge in [-0.25, -0.2) is 28.7 Å². The number of carbonyl (C=O) groups excluding carboxylic acids is 4. The predicted octanol–water partition coefficient (Wildman–Crippen LogP) is 6.08. The highest BCUT2D eigenvalue weighted by Gasteiger charge is 2.39. The minimum atomic E-state index is -1.46. The third-order valence-corrected chi connectivity index (χ3v) is 7.05. The lowest BCUT2D eigenvalue weighted by atomic mass is 9.92. The molecule has 1 aromatic carbocycles. The number of halogens is 1. The fraction of sp³-hybridized carbons (Fsp3) is 0.531. The maximum absolute atomic E-state index is 14.0. The zero-order valence-electron chi connectivity index (χ0n) is 26.3. The molecule has 0 saturated heterocycles. The molecule has 0 fully saturated rings. The van der Waals surface area contributed by atoms with Crippen LogP contribution in [0.4, 0.5) is 14.0 Å². The molecule has 3 rings (SSSR count). The van der Waals surface area contributed by atoms with E-state index in [4.69, 9.17) is 23.7 Å². The second-order valence-electron chi connectivity index (χ2n) is 11.6. The summed E-state index contributed by atoms with van der Waals surface area (Å²) in [5, 5.41) is 0. The van der Waals surface area contributed by atoms with Crippen LogP contribution in [0.2, 0.25) is 0 Å². The number of imide groups is 1. The lowest BCUT2D eigenvalue weighted by Gasteiger charge is -2.29. The maximum Gasteiger partial charge on any atom is 0.514 e. The van der Waals surface area contributed by atoms with Crippen LogP contribution < -0.4 is 9.47 Å². The Morgan fingerprint density at radius 1 is 1.02 bits per heavy atom. The predicted molar refractivity (Wildman–Crippen MR) is 157 cm³/mol. The van der Waals surface area contributed by atoms with Crippen molar-refractivity contribution in [3.8, 4) is 11.5 Å². The fourth-order valence-corrected chi connectivity index (χ4v) is 4.72. The molecule has 240 valence electrons. The minimum Gasteiger partial charge on any atom is -0.493 e. The Morgan fingerprint density at radius 3 is 2.36 bits per heavy atom. The topological polar surface area (TPSA) is 131 Å². The molecule has 2 amide bonds. The van der Waals surface area contributed by atoms with Gasteiger partial charge in [-0.05, 0) is 61.3 Å². The van der Waals surface area contributed by atoms with Crippen LogP contribution in [-0.4, -0.2) is 66.5 Å². The van der Waals surface area contributed by atoms with Crippen LogP contribution in [0.5, 0.6) is 11.5 Å². The van der Waals surface area contributed by atoms with E-state index in [1.165, 1.54) is 38.4 Å². The number of carbonyl (C=O) groups is 4. The molecule has 1 heterocycles. The smallest absolute Gasteiger partial charge is 0.493 e. The summed E-state index contributed by atoms with van der Waals surface area (Å²) < 4.78 is 40.8. The number of benzene rings is 1. The van der Waals surface area contributed by atoms with E-state index < -0.39 is 47.7 Å². The largest absolute Gasteiger partial charge is 0.514 e. The summed E-state index contributed by atoms with van der Waals surface area (Å²) in [5.74, 6) is -3.01. The average Bonchev–Trinajstić information content (AvgIpc) is 3.12. The highest BCUT2D eigenvalue weighted by atomic mass is 19.1. The van der Waals surface area contributed by atoms with E-state index in [1.54, 1.807) is 6.07 Å². The summed E-state index contributed by atoms with van der Waals surface area (Å²) in [7, 11) is 1.30. The molecule has 2 unspecified atom stereocenters. The van der Waals surface area contributed by atoms with Crippen LogP contribution in [0, 0.1) is 17.7 Å². The van der Waals surface area contributed by atoms with E-state index in [2.05, 4.69) is 4.98 Å². The van der Waals surface area contributed by atoms with Gasteiger partial charge in [-0.2, -0.15) is 0 Å². The number of methoxy groups -OCH3 is 1. The molecule has 12 heteroatoms. The second-order valence-corrected chi connectivity index (χ2v) is 11.6. The maximum atomic E-state index is 14.0. The van der Waals surface area contributed by atoms with E-state index in [0.717, 1.165) is 11.1 Å². The highest BCUT2D eigenvalue weighted by molar-refractivity contribution is 6.06. The van der Waals surface area contributed by atoms with Crippen molar-refractivity contribution < 1.29 is 47.3 Å². The van der Waals surface area contributed by atoms with Gasteiger partial charge in [0.2, 0.25) is 5.75 Å². The van der Waals surface area contributed by atoms with Gasteiger partial charge in [0, 0.05) is 18.2 Å². The SMILES string of the molecule is COc1ccnc(C(=O)N(C(=O)OCC(C)C)[C@@H](C)C(=O)OC2CCCc3cc(F)ccc3C2C)c1OC(=O)OCC(C)C. The van der Waals surface area contributed by atoms with E-state index >= 15 is 0 Å². The molecule has 1 aromatic heterocycles. The van der Waals surface area contributed by atoms with E-state index in [1.807, 2.05) is 34.6 Å². The number of aromatic nitrogens is 1. The number of fused-ring (bicyclic) bond motifs is 1. The molecule has 0 saturated carbocycles. The van der Waals surface area contributed by atoms with Crippen molar-refractivity contribution in [1.82, 2.24) is 9.88 Å². The third kappa shape index (κ3) is 8.67. The Hall–Kier alpha value is -4.22. The van der Waals surface area contributed by atoms with Crippen molar-refractivity contribution in [2.45, 2.75) is 78.9 Å². The van der Waals surface area contributed by atoms with Crippen molar-refractivity contribution in [2.75, 3.05) is 20.3 Å². The van der Waals surface area contributed by atoms with Crippen LogP contribution in [-0.2, 0) is 25.4 Å². The zero-order valence-corrected chi connectivity index (χ0v) is 26.3. The first-order valence-electron chi connectivity index (χ1n) is 14.7. The van der Waals surface area contributed by atoms with E-state index in [0.29, 0.717) is 24.2 Å². The molecule has 3 atom stereocenters. The number of pyridine rings is 1. The summed E-state index contributed by atoms with van der Waals surface area (Å²) in [6, 6.07) is 4.44. The molecule has 0 radical (unpaired) electrons. The summed E-state index contributed by atoms with van der Waals surface area (Å²) in [6.45, 7) is 10.5. The molecule has 11 nitrogen and oxygen atoms in total. The number of rotatable bonds is 10. The van der Waals surface area contributed by atoms with Crippen molar-refractivity contribution in [3.63, 3.8) is 0 Å². The van der Waals surface area contributed by atoms with Crippen molar-refractivity contribution in [3.05, 3.63) is 53.1 Å². The highest BCUT2D eigenvalue weighted by Crippen LogP contribution is 2.34. The standard InChI is InChI=1S/C32H41FN2O9/c1-18(2)16-41-31(38)35(29(36)27-28(26(40-7)13-14-34-27)44-32(39)42-17-19(3)4)21(6)30(37)43-25-10-8-9-22-15-23(33)11-12-24(22)20(25)5/h11-15,18-21,25H,8-10,16-17H2,1-7H3/t20?,21-,25?/m0/s1. The van der Waals surface area contributed by atoms with Crippen LogP contribution in [0.15, 0.2) is 30.5 Å². The monoisotopic (exact) mass is 616 g/mol. The number of ether oxygens (including phenoxy) is 5. The van der Waals surface area contributed by atoms with Crippen molar-refractivity contribution in [1.29, 1.82) is 0 Å². The quantitative estimate of drug-likeness (QED) is 0.176. The molecule has 0 aliphatic heterocycles. The lowest BCUT2D eigenvalue weighted by molar-refractivity contribution is -0.155. The van der Waals surface area contributed by atoms with Gasteiger partial charge in [-0.1, -0.05) is 40.7 Å². The number of amides is 2. The first-order chi connectivity index (χ1) is 20.8. The Bertz CT molecular complexity index is 1350. The molecular weight excluding hydrogens is 575 g/mol. The molecular formula is C32H41FN2O9. The molecule has 2 aromatic rings. The van der Waals surface area contributed by atoms with Gasteiger partial charge < -0.3 is 23.7 Å². The van der Waals surface area contributed by atoms with E-state index in [-0.39, 0.29) is 42.5 Å². The number of nitrogens with zero attached hydrogens (tertiary/aromatic N) is 2. The van der Waals surface area contributed by atoms with Gasteiger partial charge in [0.25, 0.3) is 5.91 Å². The van der Waals surface area contributed by atoms with E-state index in [9.17, 15) is 23.6 Å². The number of hydrogen-bond acceptors (Lipinski definition) is 10. The molecule has 0 bridgehead atoms. The molecule has 44 heavy (non-hydrogen) atoms. The number of esters is 1. The average molecular weight is 617 g/mol. The Labute approximate surface area is 257 Å². The summed E-state index contributed by atoms with van der Waals surface area (Å²) >= 11 is 0. The molecule has 1 aliphatic carbocycles. The normalized spacial score (nSPS) is 16.8. The fourth-order valence-electron chi connectivity index (χ4n) is 4.72. The van der Waals surface area contributed by atoms with Gasteiger partial charge in [0.05, 0.1) is 20.3 Å². The number of aryl methyl sites for hydroxylation is 1. The molecule has 0 spiro atoms. The zero-order chi connectivity index (χ0) is 32.6. The lowest BCUT2D eigenvalue weighted by Crippen LogP contribution is -2.49. The Kier molecular flexibility index (Phi) is 12.1. The van der Waals surface area contributed by atoms with Gasteiger partial charge in [0.1, 0.15) is 18.0 Å². The van der Waals surface area contributed by atoms with Crippen molar-refractivity contribution >= 4 is 24.1 Å². The van der Waals surface area contributed by atoms with Gasteiger partial charge in [-0.3, -0.25) is 4.79 Å². The summed E-state index contributed by atoms with van der Waals surface area (Å²) in [5.41, 5.74) is 1.23. The third-order valence-electron chi connectivity index (χ3n) is 7.05. The van der Waals surface area contributed by atoms with Crippen LogP contribution >= 0.6 is 0 Å². The molecule has 1 aliphatic rings. The summed E-state index contributed by atoms with van der Waals surface area (Å²) in [6.07, 6.45) is 0.181. The van der Waals surface area contributed by atoms with Crippen LogP contribution in [0.25, 0.3) is 0 Å². The van der Waals surface area contributed by atoms with Crippen LogP contribution in [0.3, 0.4) is 0 Å². The van der Waals surface area contributed by atoms with Gasteiger partial charge in [0.15, 0.2) is 11.4 Å². The van der Waals surface area contributed by atoms with Gasteiger partial charge in [-0.15, -0.1) is 0 Å². The Balaban J connectivity index is 1.93. The summed E-state index contributed by atoms with van der Waals surface area (Å²) in [4.78, 5) is 57.9. The van der Waals surface area contributed by atoms with Gasteiger partial charge >= 0.3 is 18.2 Å².